The Balaban J connectivity index is 2.39. The second-order valence-electron chi connectivity index (χ2n) is 3.93. The van der Waals surface area contributed by atoms with Crippen LogP contribution in [-0.2, 0) is 6.54 Å². The quantitative estimate of drug-likeness (QED) is 0.649. The van der Waals surface area contributed by atoms with Crippen LogP contribution in [0.5, 0.6) is 0 Å². The van der Waals surface area contributed by atoms with Crippen molar-refractivity contribution in [2.75, 3.05) is 0 Å². The predicted molar refractivity (Wildman–Crippen MR) is 60.9 cm³/mol. The zero-order valence-electron chi connectivity index (χ0n) is 10.2. The highest BCUT2D eigenvalue weighted by Gasteiger charge is 2.23. The number of aromatic carboxylic acids is 1. The Morgan fingerprint density at radius 1 is 1.58 bits per heavy atom. The van der Waals surface area contributed by atoms with Crippen molar-refractivity contribution in [1.29, 1.82) is 0 Å². The van der Waals surface area contributed by atoms with Crippen LogP contribution in [0.1, 0.15) is 27.5 Å². The molecular weight excluding hydrogens is 256 g/mol. The maximum Gasteiger partial charge on any atom is 0.390 e. The minimum atomic E-state index is -1.22. The maximum atomic E-state index is 11.0. The van der Waals surface area contributed by atoms with Gasteiger partial charge in [-0.2, -0.15) is 4.68 Å². The van der Waals surface area contributed by atoms with Gasteiger partial charge in [-0.15, -0.1) is 0 Å². The fourth-order valence-corrected chi connectivity index (χ4v) is 1.64. The molecule has 0 aliphatic carbocycles. The van der Waals surface area contributed by atoms with E-state index in [9.17, 15) is 14.9 Å². The first-order valence-corrected chi connectivity index (χ1v) is 5.27. The average Bonchev–Trinajstić information content (AvgIpc) is 2.85. The van der Waals surface area contributed by atoms with Crippen LogP contribution in [0.3, 0.4) is 0 Å². The molecule has 0 radical (unpaired) electrons. The van der Waals surface area contributed by atoms with Crippen LogP contribution >= 0.6 is 0 Å². The molecular formula is C10H10N4O5. The molecule has 2 aromatic rings. The predicted octanol–water partition coefficient (Wildman–Crippen LogP) is 1.14. The number of carboxylic acids is 1. The number of carbonyl (C=O) groups is 1. The first-order valence-electron chi connectivity index (χ1n) is 5.27. The Morgan fingerprint density at radius 3 is 2.79 bits per heavy atom. The van der Waals surface area contributed by atoms with Crippen LogP contribution in [0.25, 0.3) is 0 Å². The molecule has 0 aromatic carbocycles. The number of carboxylic acid groups (broad SMARTS) is 1. The summed E-state index contributed by atoms with van der Waals surface area (Å²) in [5.74, 6) is -1.16. The van der Waals surface area contributed by atoms with Crippen molar-refractivity contribution < 1.29 is 19.3 Å². The molecule has 9 heteroatoms. The summed E-state index contributed by atoms with van der Waals surface area (Å²) in [4.78, 5) is 21.0. The van der Waals surface area contributed by atoms with E-state index in [-0.39, 0.29) is 18.1 Å². The standard InChI is InChI=1S/C10H10N4O5/c1-5-3-8(14(17)18)11-13(5)4-7-6(2)19-12-9(7)10(15)16/h3H,4H2,1-2H3,(H,15,16). The summed E-state index contributed by atoms with van der Waals surface area (Å²) in [6.07, 6.45) is 0. The largest absolute Gasteiger partial charge is 0.476 e. The molecule has 0 aliphatic heterocycles. The van der Waals surface area contributed by atoms with Crippen LogP contribution < -0.4 is 0 Å². The van der Waals surface area contributed by atoms with Crippen molar-refractivity contribution in [3.05, 3.63) is 38.9 Å². The Bertz CT molecular complexity index is 657. The van der Waals surface area contributed by atoms with Gasteiger partial charge in [-0.1, -0.05) is 5.16 Å². The molecule has 0 amide bonds. The van der Waals surface area contributed by atoms with Crippen LogP contribution in [0.15, 0.2) is 10.6 Å². The number of nitro groups is 1. The smallest absolute Gasteiger partial charge is 0.390 e. The summed E-state index contributed by atoms with van der Waals surface area (Å²) in [6.45, 7) is 3.27. The van der Waals surface area contributed by atoms with Crippen molar-refractivity contribution >= 4 is 11.8 Å². The van der Waals surface area contributed by atoms with Gasteiger partial charge in [0, 0.05) is 0 Å². The van der Waals surface area contributed by atoms with Crippen LogP contribution in [0.2, 0.25) is 0 Å². The molecule has 0 spiro atoms. The third kappa shape index (κ3) is 2.30. The highest BCUT2D eigenvalue weighted by Crippen LogP contribution is 2.18. The van der Waals surface area contributed by atoms with Crippen LogP contribution in [0.4, 0.5) is 5.82 Å². The van der Waals surface area contributed by atoms with Gasteiger partial charge >= 0.3 is 11.8 Å². The van der Waals surface area contributed by atoms with Gasteiger partial charge in [0.15, 0.2) is 5.69 Å². The fourth-order valence-electron chi connectivity index (χ4n) is 1.64. The van der Waals surface area contributed by atoms with Crippen molar-refractivity contribution in [3.63, 3.8) is 0 Å². The fraction of sp³-hybridized carbons (Fsp3) is 0.300. The monoisotopic (exact) mass is 266 g/mol. The van der Waals surface area contributed by atoms with E-state index >= 15 is 0 Å². The van der Waals surface area contributed by atoms with Gasteiger partial charge in [0.25, 0.3) is 0 Å². The molecule has 0 aliphatic rings. The molecule has 2 aromatic heterocycles. The van der Waals surface area contributed by atoms with E-state index in [2.05, 4.69) is 10.3 Å². The highest BCUT2D eigenvalue weighted by atomic mass is 16.6. The van der Waals surface area contributed by atoms with Crippen molar-refractivity contribution in [1.82, 2.24) is 14.9 Å². The van der Waals surface area contributed by atoms with Crippen LogP contribution in [-0.4, -0.2) is 30.9 Å². The second kappa shape index (κ2) is 4.52. The lowest BCUT2D eigenvalue weighted by Crippen LogP contribution is -2.09. The molecule has 100 valence electrons. The lowest BCUT2D eigenvalue weighted by molar-refractivity contribution is -0.389. The van der Waals surface area contributed by atoms with E-state index in [1.54, 1.807) is 13.8 Å². The maximum absolute atomic E-state index is 11.0. The highest BCUT2D eigenvalue weighted by molar-refractivity contribution is 5.87. The van der Waals surface area contributed by atoms with Gasteiger partial charge < -0.3 is 19.7 Å². The molecule has 9 nitrogen and oxygen atoms in total. The van der Waals surface area contributed by atoms with Gasteiger partial charge in [-0.3, -0.25) is 0 Å². The lowest BCUT2D eigenvalue weighted by Gasteiger charge is -1.99. The van der Waals surface area contributed by atoms with E-state index in [4.69, 9.17) is 9.63 Å². The minimum absolute atomic E-state index is 0.0522. The molecule has 0 fully saturated rings. The van der Waals surface area contributed by atoms with E-state index in [0.29, 0.717) is 17.0 Å². The normalized spacial score (nSPS) is 10.6. The number of hydrogen-bond acceptors (Lipinski definition) is 6. The number of aromatic nitrogens is 3. The van der Waals surface area contributed by atoms with E-state index in [1.807, 2.05) is 0 Å². The molecule has 0 bridgehead atoms. The van der Waals surface area contributed by atoms with E-state index < -0.39 is 10.9 Å². The Hall–Kier alpha value is -2.71. The summed E-state index contributed by atoms with van der Waals surface area (Å²) in [6, 6.07) is 1.31. The molecule has 0 unspecified atom stereocenters. The molecule has 2 rings (SSSR count). The summed E-state index contributed by atoms with van der Waals surface area (Å²) in [5, 5.41) is 26.8. The second-order valence-corrected chi connectivity index (χ2v) is 3.93. The third-order valence-electron chi connectivity index (χ3n) is 2.65. The number of nitrogens with zero attached hydrogens (tertiary/aromatic N) is 4. The van der Waals surface area contributed by atoms with Gasteiger partial charge in [0.05, 0.1) is 29.0 Å². The van der Waals surface area contributed by atoms with Gasteiger partial charge in [0.2, 0.25) is 0 Å². The molecule has 19 heavy (non-hydrogen) atoms. The summed E-state index contributed by atoms with van der Waals surface area (Å²) in [5.41, 5.74) is 0.673. The Kier molecular flexibility index (Phi) is 3.03. The molecule has 0 atom stereocenters. The zero-order chi connectivity index (χ0) is 14.2. The SMILES string of the molecule is Cc1onc(C(=O)O)c1Cn1nc([N+](=O)[O-])cc1C. The molecule has 0 saturated heterocycles. The molecule has 0 saturated carbocycles. The lowest BCUT2D eigenvalue weighted by atomic mass is 10.2. The van der Waals surface area contributed by atoms with Crippen molar-refractivity contribution in [2.45, 2.75) is 20.4 Å². The number of hydrogen-bond donors (Lipinski definition) is 1. The first kappa shape index (κ1) is 12.7. The van der Waals surface area contributed by atoms with Crippen molar-refractivity contribution in [2.24, 2.45) is 0 Å². The summed E-state index contributed by atoms with van der Waals surface area (Å²) >= 11 is 0. The zero-order valence-corrected chi connectivity index (χ0v) is 10.2. The van der Waals surface area contributed by atoms with Crippen LogP contribution in [0, 0.1) is 24.0 Å². The topological polar surface area (TPSA) is 124 Å². The van der Waals surface area contributed by atoms with Gasteiger partial charge in [0.1, 0.15) is 5.76 Å². The minimum Gasteiger partial charge on any atom is -0.476 e. The third-order valence-corrected chi connectivity index (χ3v) is 2.65. The molecule has 1 N–H and O–H groups in total. The summed E-state index contributed by atoms with van der Waals surface area (Å²) < 4.78 is 6.15. The Morgan fingerprint density at radius 2 is 2.26 bits per heavy atom. The van der Waals surface area contributed by atoms with E-state index in [0.717, 1.165) is 0 Å². The Labute approximate surface area is 106 Å². The van der Waals surface area contributed by atoms with E-state index in [1.165, 1.54) is 10.7 Å². The summed E-state index contributed by atoms with van der Waals surface area (Å²) in [7, 11) is 0. The first-order chi connectivity index (χ1) is 8.90. The van der Waals surface area contributed by atoms with Gasteiger partial charge in [-0.25, -0.2) is 4.79 Å². The number of rotatable bonds is 4. The average molecular weight is 266 g/mol. The van der Waals surface area contributed by atoms with Gasteiger partial charge in [-0.05, 0) is 18.8 Å². The molecule has 2 heterocycles. The van der Waals surface area contributed by atoms with Crippen molar-refractivity contribution in [3.8, 4) is 0 Å². The number of aryl methyl sites for hydroxylation is 2.